The average Bonchev–Trinajstić information content (AvgIpc) is 2.99. The van der Waals surface area contributed by atoms with Crippen molar-refractivity contribution < 1.29 is 4.42 Å². The van der Waals surface area contributed by atoms with Gasteiger partial charge in [-0.05, 0) is 25.5 Å². The number of fused-ring (bicyclic) bond motifs is 1. The summed E-state index contributed by atoms with van der Waals surface area (Å²) in [5.41, 5.74) is 7.16. The molecule has 2 atom stereocenters. The fraction of sp³-hybridized carbons (Fsp3) is 0.692. The first-order valence-corrected chi connectivity index (χ1v) is 6.59. The number of hydrogen-bond acceptors (Lipinski definition) is 4. The van der Waals surface area contributed by atoms with Crippen LogP contribution in [-0.2, 0) is 0 Å². The van der Waals surface area contributed by atoms with Gasteiger partial charge in [-0.15, -0.1) is 0 Å². The summed E-state index contributed by atoms with van der Waals surface area (Å²) < 4.78 is 5.18. The third-order valence-corrected chi connectivity index (χ3v) is 4.21. The Morgan fingerprint density at radius 1 is 1.41 bits per heavy atom. The summed E-state index contributed by atoms with van der Waals surface area (Å²) in [5, 5.41) is 0. The molecule has 2 unspecified atom stereocenters. The molecule has 4 heteroatoms. The van der Waals surface area contributed by atoms with Gasteiger partial charge in [0.1, 0.15) is 0 Å². The van der Waals surface area contributed by atoms with Crippen LogP contribution in [0, 0.1) is 0 Å². The quantitative estimate of drug-likeness (QED) is 0.851. The van der Waals surface area contributed by atoms with Crippen LogP contribution in [-0.4, -0.2) is 48.6 Å². The van der Waals surface area contributed by atoms with Gasteiger partial charge in [-0.2, -0.15) is 0 Å². The van der Waals surface area contributed by atoms with Crippen LogP contribution in [0.5, 0.6) is 0 Å². The highest BCUT2D eigenvalue weighted by Gasteiger charge is 2.33. The summed E-state index contributed by atoms with van der Waals surface area (Å²) >= 11 is 0. The van der Waals surface area contributed by atoms with Gasteiger partial charge in [0.15, 0.2) is 0 Å². The minimum absolute atomic E-state index is 0.330. The molecule has 1 aromatic heterocycles. The molecule has 2 fully saturated rings. The van der Waals surface area contributed by atoms with Gasteiger partial charge in [-0.1, -0.05) is 0 Å². The maximum atomic E-state index is 5.94. The lowest BCUT2D eigenvalue weighted by Gasteiger charge is -2.41. The molecule has 94 valence electrons. The van der Waals surface area contributed by atoms with Crippen molar-refractivity contribution in [3.8, 4) is 0 Å². The van der Waals surface area contributed by atoms with Gasteiger partial charge in [0.05, 0.1) is 18.6 Å². The predicted molar refractivity (Wildman–Crippen MR) is 66.7 cm³/mol. The highest BCUT2D eigenvalue weighted by atomic mass is 16.3. The molecular formula is C13H21N3O. The van der Waals surface area contributed by atoms with E-state index in [0.717, 1.165) is 19.1 Å². The third-order valence-electron chi connectivity index (χ3n) is 4.21. The third kappa shape index (κ3) is 2.12. The Balaban J connectivity index is 1.71. The molecule has 2 saturated heterocycles. The van der Waals surface area contributed by atoms with Crippen LogP contribution in [0.1, 0.15) is 24.4 Å². The van der Waals surface area contributed by atoms with Crippen molar-refractivity contribution in [2.24, 2.45) is 5.73 Å². The monoisotopic (exact) mass is 235 g/mol. The van der Waals surface area contributed by atoms with E-state index in [4.69, 9.17) is 10.2 Å². The van der Waals surface area contributed by atoms with Gasteiger partial charge >= 0.3 is 0 Å². The Hall–Kier alpha value is -0.840. The van der Waals surface area contributed by atoms with E-state index in [0.29, 0.717) is 12.6 Å². The first kappa shape index (κ1) is 11.3. The number of furan rings is 1. The van der Waals surface area contributed by atoms with Gasteiger partial charge < -0.3 is 10.2 Å². The zero-order valence-corrected chi connectivity index (χ0v) is 10.2. The second-order valence-electron chi connectivity index (χ2n) is 5.14. The smallest absolute Gasteiger partial charge is 0.0950 e. The topological polar surface area (TPSA) is 45.6 Å². The number of piperazine rings is 1. The predicted octanol–water partition coefficient (Wildman–Crippen LogP) is 1.06. The van der Waals surface area contributed by atoms with E-state index in [1.165, 1.54) is 31.5 Å². The lowest BCUT2D eigenvalue weighted by Crippen LogP contribution is -2.52. The zero-order valence-electron chi connectivity index (χ0n) is 10.2. The Bertz CT molecular complexity index is 352. The molecule has 17 heavy (non-hydrogen) atoms. The van der Waals surface area contributed by atoms with Crippen LogP contribution < -0.4 is 5.73 Å². The molecule has 1 aromatic rings. The summed E-state index contributed by atoms with van der Waals surface area (Å²) in [6.45, 7) is 5.44. The minimum Gasteiger partial charge on any atom is -0.472 e. The Labute approximate surface area is 102 Å². The molecule has 3 heterocycles. The zero-order chi connectivity index (χ0) is 11.7. The molecule has 0 bridgehead atoms. The molecule has 3 rings (SSSR count). The van der Waals surface area contributed by atoms with E-state index in [2.05, 4.69) is 9.80 Å². The molecule has 2 N–H and O–H groups in total. The Morgan fingerprint density at radius 2 is 2.35 bits per heavy atom. The van der Waals surface area contributed by atoms with Gasteiger partial charge in [0, 0.05) is 37.8 Å². The highest BCUT2D eigenvalue weighted by molar-refractivity contribution is 5.13. The largest absolute Gasteiger partial charge is 0.472 e. The maximum Gasteiger partial charge on any atom is 0.0950 e. The molecule has 0 spiro atoms. The van der Waals surface area contributed by atoms with Crippen molar-refractivity contribution in [3.63, 3.8) is 0 Å². The molecule has 0 aliphatic carbocycles. The summed E-state index contributed by atoms with van der Waals surface area (Å²) in [7, 11) is 0. The van der Waals surface area contributed by atoms with E-state index in [1.807, 2.05) is 12.3 Å². The van der Waals surface area contributed by atoms with E-state index >= 15 is 0 Å². The first-order chi connectivity index (χ1) is 8.38. The van der Waals surface area contributed by atoms with Gasteiger partial charge in [-0.25, -0.2) is 0 Å². The Kier molecular flexibility index (Phi) is 3.18. The normalized spacial score (nSPS) is 28.2. The lowest BCUT2D eigenvalue weighted by atomic mass is 10.1. The van der Waals surface area contributed by atoms with Crippen LogP contribution >= 0.6 is 0 Å². The highest BCUT2D eigenvalue weighted by Crippen LogP contribution is 2.27. The fourth-order valence-electron chi connectivity index (χ4n) is 3.26. The number of nitrogens with zero attached hydrogens (tertiary/aromatic N) is 2. The van der Waals surface area contributed by atoms with E-state index in [1.54, 1.807) is 6.26 Å². The maximum absolute atomic E-state index is 5.94. The molecular weight excluding hydrogens is 214 g/mol. The number of rotatable bonds is 3. The van der Waals surface area contributed by atoms with Crippen molar-refractivity contribution in [2.75, 3.05) is 32.7 Å². The van der Waals surface area contributed by atoms with Gasteiger partial charge in [-0.3, -0.25) is 9.80 Å². The number of hydrogen-bond donors (Lipinski definition) is 1. The molecule has 0 aromatic carbocycles. The van der Waals surface area contributed by atoms with Crippen molar-refractivity contribution in [1.29, 1.82) is 0 Å². The minimum atomic E-state index is 0.330. The second-order valence-corrected chi connectivity index (χ2v) is 5.14. The molecule has 2 aliphatic rings. The summed E-state index contributed by atoms with van der Waals surface area (Å²) in [6, 6.07) is 3.12. The fourth-order valence-corrected chi connectivity index (χ4v) is 3.26. The van der Waals surface area contributed by atoms with Crippen LogP contribution in [0.4, 0.5) is 0 Å². The summed E-state index contributed by atoms with van der Waals surface area (Å²) in [4.78, 5) is 5.15. The van der Waals surface area contributed by atoms with Crippen LogP contribution in [0.15, 0.2) is 23.0 Å². The molecule has 0 amide bonds. The van der Waals surface area contributed by atoms with E-state index < -0.39 is 0 Å². The van der Waals surface area contributed by atoms with Crippen LogP contribution in [0.2, 0.25) is 0 Å². The van der Waals surface area contributed by atoms with Crippen molar-refractivity contribution in [3.05, 3.63) is 24.2 Å². The lowest BCUT2D eigenvalue weighted by molar-refractivity contribution is 0.0735. The second kappa shape index (κ2) is 4.80. The van der Waals surface area contributed by atoms with E-state index in [9.17, 15) is 0 Å². The molecule has 4 nitrogen and oxygen atoms in total. The van der Waals surface area contributed by atoms with Crippen molar-refractivity contribution in [1.82, 2.24) is 9.80 Å². The number of nitrogens with two attached hydrogens (primary N) is 1. The molecule has 0 saturated carbocycles. The summed E-state index contributed by atoms with van der Waals surface area (Å²) in [5.74, 6) is 0. The van der Waals surface area contributed by atoms with E-state index in [-0.39, 0.29) is 0 Å². The average molecular weight is 235 g/mol. The van der Waals surface area contributed by atoms with Gasteiger partial charge in [0.2, 0.25) is 0 Å². The standard InChI is InChI=1S/C13H21N3O/c14-8-13(11-3-7-17-10-11)16-6-5-15-4-1-2-12(15)9-16/h3,7,10,12-13H,1-2,4-6,8-9,14H2. The molecule has 2 aliphatic heterocycles. The van der Waals surface area contributed by atoms with Crippen LogP contribution in [0.3, 0.4) is 0 Å². The first-order valence-electron chi connectivity index (χ1n) is 6.59. The van der Waals surface area contributed by atoms with Crippen molar-refractivity contribution in [2.45, 2.75) is 24.9 Å². The Morgan fingerprint density at radius 3 is 3.12 bits per heavy atom. The SMILES string of the molecule is NCC(c1ccoc1)N1CCN2CCCC2C1. The van der Waals surface area contributed by atoms with Crippen molar-refractivity contribution >= 4 is 0 Å². The van der Waals surface area contributed by atoms with Gasteiger partial charge in [0.25, 0.3) is 0 Å². The summed E-state index contributed by atoms with van der Waals surface area (Å²) in [6.07, 6.45) is 6.28. The van der Waals surface area contributed by atoms with Crippen LogP contribution in [0.25, 0.3) is 0 Å². The molecule has 0 radical (unpaired) electrons.